The lowest BCUT2D eigenvalue weighted by molar-refractivity contribution is 0.255. The van der Waals surface area contributed by atoms with Crippen LogP contribution >= 0.6 is 27.5 Å². The van der Waals surface area contributed by atoms with E-state index in [4.69, 9.17) is 16.3 Å². The van der Waals surface area contributed by atoms with Crippen molar-refractivity contribution in [3.63, 3.8) is 0 Å². The summed E-state index contributed by atoms with van der Waals surface area (Å²) in [7, 11) is 0. The second kappa shape index (κ2) is 5.21. The highest BCUT2D eigenvalue weighted by atomic mass is 79.9. The van der Waals surface area contributed by atoms with E-state index in [-0.39, 0.29) is 6.04 Å². The van der Waals surface area contributed by atoms with Gasteiger partial charge in [-0.15, -0.1) is 0 Å². The first-order chi connectivity index (χ1) is 7.66. The van der Waals surface area contributed by atoms with Crippen molar-refractivity contribution in [2.75, 3.05) is 13.2 Å². The molecule has 4 heteroatoms. The molecule has 1 aliphatic rings. The minimum atomic E-state index is 0.289. The maximum atomic E-state index is 5.76. The topological polar surface area (TPSA) is 21.3 Å². The van der Waals surface area contributed by atoms with Gasteiger partial charge in [-0.2, -0.15) is 0 Å². The van der Waals surface area contributed by atoms with Gasteiger partial charge in [0.05, 0.1) is 6.61 Å². The fourth-order valence-corrected chi connectivity index (χ4v) is 2.27. The molecule has 86 valence electrons. The van der Waals surface area contributed by atoms with E-state index in [1.165, 1.54) is 5.56 Å². The Labute approximate surface area is 109 Å². The number of hydrogen-bond donors (Lipinski definition) is 1. The van der Waals surface area contributed by atoms with Crippen LogP contribution in [0.4, 0.5) is 0 Å². The summed E-state index contributed by atoms with van der Waals surface area (Å²) >= 11 is 9.23. The van der Waals surface area contributed by atoms with E-state index in [9.17, 15) is 0 Å². The molecular formula is C12H13BrClNO. The lowest BCUT2D eigenvalue weighted by Crippen LogP contribution is -2.27. The van der Waals surface area contributed by atoms with Gasteiger partial charge in [0.2, 0.25) is 0 Å². The normalized spacial score (nSPS) is 18.8. The SMILES string of the molecule is C=C(Cl)CNC1CCOc2ccc(Br)cc21. The zero-order valence-electron chi connectivity index (χ0n) is 8.80. The summed E-state index contributed by atoms with van der Waals surface area (Å²) in [5.74, 6) is 0.951. The Morgan fingerprint density at radius 2 is 2.44 bits per heavy atom. The van der Waals surface area contributed by atoms with Crippen molar-refractivity contribution in [3.05, 3.63) is 39.8 Å². The number of hydrogen-bond acceptors (Lipinski definition) is 2. The van der Waals surface area contributed by atoms with Crippen LogP contribution in [0, 0.1) is 0 Å². The Hall–Kier alpha value is -0.510. The third-order valence-corrected chi connectivity index (χ3v) is 3.18. The summed E-state index contributed by atoms with van der Waals surface area (Å²) in [4.78, 5) is 0. The molecule has 0 fully saturated rings. The van der Waals surface area contributed by atoms with Crippen LogP contribution < -0.4 is 10.1 Å². The number of ether oxygens (including phenoxy) is 1. The van der Waals surface area contributed by atoms with E-state index in [0.717, 1.165) is 23.2 Å². The average molecular weight is 303 g/mol. The maximum absolute atomic E-state index is 5.76. The molecule has 1 N–H and O–H groups in total. The molecule has 0 spiro atoms. The van der Waals surface area contributed by atoms with Crippen LogP contribution in [-0.4, -0.2) is 13.2 Å². The van der Waals surface area contributed by atoms with E-state index in [1.54, 1.807) is 0 Å². The second-order valence-electron chi connectivity index (χ2n) is 3.77. The lowest BCUT2D eigenvalue weighted by Gasteiger charge is -2.27. The van der Waals surface area contributed by atoms with Gasteiger partial charge >= 0.3 is 0 Å². The van der Waals surface area contributed by atoms with E-state index in [1.807, 2.05) is 12.1 Å². The molecule has 0 radical (unpaired) electrons. The molecule has 0 saturated heterocycles. The summed E-state index contributed by atoms with van der Waals surface area (Å²) in [6.45, 7) is 5.04. The van der Waals surface area contributed by atoms with Gasteiger partial charge in [-0.05, 0) is 18.2 Å². The molecule has 2 rings (SSSR count). The fraction of sp³-hybridized carbons (Fsp3) is 0.333. The van der Waals surface area contributed by atoms with Crippen LogP contribution in [0.25, 0.3) is 0 Å². The number of benzene rings is 1. The number of halogens is 2. The molecule has 1 aliphatic heterocycles. The highest BCUT2D eigenvalue weighted by Gasteiger charge is 2.20. The largest absolute Gasteiger partial charge is 0.493 e. The summed E-state index contributed by atoms with van der Waals surface area (Å²) in [6.07, 6.45) is 0.952. The van der Waals surface area contributed by atoms with E-state index in [2.05, 4.69) is 33.9 Å². The van der Waals surface area contributed by atoms with Crippen molar-refractivity contribution >= 4 is 27.5 Å². The van der Waals surface area contributed by atoms with Crippen molar-refractivity contribution in [1.82, 2.24) is 5.32 Å². The molecule has 0 bridgehead atoms. The van der Waals surface area contributed by atoms with Crippen molar-refractivity contribution in [3.8, 4) is 5.75 Å². The first kappa shape index (κ1) is 12.0. The zero-order valence-corrected chi connectivity index (χ0v) is 11.1. The monoisotopic (exact) mass is 301 g/mol. The zero-order chi connectivity index (χ0) is 11.5. The summed E-state index contributed by atoms with van der Waals surface area (Å²) in [5.41, 5.74) is 1.18. The standard InChI is InChI=1S/C12H13BrClNO/c1-8(14)7-15-11-4-5-16-12-3-2-9(13)6-10(11)12/h2-3,6,11,15H,1,4-5,7H2. The third kappa shape index (κ3) is 2.78. The van der Waals surface area contributed by atoms with Gasteiger partial charge in [-0.3, -0.25) is 0 Å². The van der Waals surface area contributed by atoms with Crippen LogP contribution in [0.1, 0.15) is 18.0 Å². The minimum Gasteiger partial charge on any atom is -0.493 e. The first-order valence-electron chi connectivity index (χ1n) is 5.16. The third-order valence-electron chi connectivity index (χ3n) is 2.55. The fourth-order valence-electron chi connectivity index (χ4n) is 1.81. The van der Waals surface area contributed by atoms with Crippen molar-refractivity contribution < 1.29 is 4.74 Å². The predicted molar refractivity (Wildman–Crippen MR) is 70.0 cm³/mol. The predicted octanol–water partition coefficient (Wildman–Crippen LogP) is 3.61. The lowest BCUT2D eigenvalue weighted by atomic mass is 10.0. The molecule has 2 nitrogen and oxygen atoms in total. The molecule has 0 aromatic heterocycles. The van der Waals surface area contributed by atoms with E-state index >= 15 is 0 Å². The van der Waals surface area contributed by atoms with Crippen LogP contribution in [0.15, 0.2) is 34.3 Å². The molecule has 1 heterocycles. The minimum absolute atomic E-state index is 0.289. The van der Waals surface area contributed by atoms with Crippen molar-refractivity contribution in [2.45, 2.75) is 12.5 Å². The van der Waals surface area contributed by atoms with Gasteiger partial charge in [0.1, 0.15) is 5.75 Å². The second-order valence-corrected chi connectivity index (χ2v) is 5.22. The molecule has 0 amide bonds. The summed E-state index contributed by atoms with van der Waals surface area (Å²) < 4.78 is 6.66. The quantitative estimate of drug-likeness (QED) is 0.921. The maximum Gasteiger partial charge on any atom is 0.124 e. The molecule has 1 aromatic carbocycles. The van der Waals surface area contributed by atoms with Gasteiger partial charge < -0.3 is 10.1 Å². The number of rotatable bonds is 3. The Kier molecular flexibility index (Phi) is 3.90. The highest BCUT2D eigenvalue weighted by Crippen LogP contribution is 2.34. The van der Waals surface area contributed by atoms with Gasteiger partial charge in [-0.25, -0.2) is 0 Å². The van der Waals surface area contributed by atoms with Gasteiger partial charge in [0.15, 0.2) is 0 Å². The highest BCUT2D eigenvalue weighted by molar-refractivity contribution is 9.10. The summed E-state index contributed by atoms with van der Waals surface area (Å²) in [5, 5.41) is 4.00. The van der Waals surface area contributed by atoms with Gasteiger partial charge in [0.25, 0.3) is 0 Å². The van der Waals surface area contributed by atoms with Crippen LogP contribution in [0.5, 0.6) is 5.75 Å². The van der Waals surface area contributed by atoms with E-state index < -0.39 is 0 Å². The van der Waals surface area contributed by atoms with Crippen molar-refractivity contribution in [1.29, 1.82) is 0 Å². The molecule has 0 saturated carbocycles. The molecule has 1 atom stereocenters. The smallest absolute Gasteiger partial charge is 0.124 e. The molecule has 1 unspecified atom stereocenters. The Morgan fingerprint density at radius 1 is 1.62 bits per heavy atom. The average Bonchev–Trinajstić information content (AvgIpc) is 2.26. The molecule has 16 heavy (non-hydrogen) atoms. The van der Waals surface area contributed by atoms with Crippen LogP contribution in [0.3, 0.4) is 0 Å². The molecular weight excluding hydrogens is 289 g/mol. The van der Waals surface area contributed by atoms with E-state index in [0.29, 0.717) is 11.6 Å². The Bertz CT molecular complexity index is 408. The molecule has 0 aliphatic carbocycles. The summed E-state index contributed by atoms with van der Waals surface area (Å²) in [6, 6.07) is 6.35. The Morgan fingerprint density at radius 3 is 3.19 bits per heavy atom. The van der Waals surface area contributed by atoms with Gasteiger partial charge in [-0.1, -0.05) is 34.1 Å². The number of nitrogens with one attached hydrogen (secondary N) is 1. The molecule has 1 aromatic rings. The van der Waals surface area contributed by atoms with Gasteiger partial charge in [0, 0.05) is 34.1 Å². The van der Waals surface area contributed by atoms with Crippen LogP contribution in [0.2, 0.25) is 0 Å². The van der Waals surface area contributed by atoms with Crippen LogP contribution in [-0.2, 0) is 0 Å². The Balaban J connectivity index is 2.18. The first-order valence-corrected chi connectivity index (χ1v) is 6.33. The number of fused-ring (bicyclic) bond motifs is 1. The van der Waals surface area contributed by atoms with Crippen molar-refractivity contribution in [2.24, 2.45) is 0 Å².